The number of rotatable bonds is 4. The lowest BCUT2D eigenvalue weighted by Crippen LogP contribution is -2.50. The molecule has 28 heavy (non-hydrogen) atoms. The fourth-order valence-electron chi connectivity index (χ4n) is 8.40. The highest BCUT2D eigenvalue weighted by molar-refractivity contribution is 5.25. The third-order valence-corrected chi connectivity index (χ3v) is 10.0. The molecule has 0 aromatic carbocycles. The van der Waals surface area contributed by atoms with Crippen LogP contribution >= 0.6 is 0 Å². The van der Waals surface area contributed by atoms with Crippen LogP contribution in [0.5, 0.6) is 0 Å². The summed E-state index contributed by atoms with van der Waals surface area (Å²) in [4.78, 5) is 0. The molecule has 2 nitrogen and oxygen atoms in total. The van der Waals surface area contributed by atoms with Gasteiger partial charge in [0.15, 0.2) is 0 Å². The number of hydrogen-bond donors (Lipinski definition) is 2. The molecule has 0 bridgehead atoms. The van der Waals surface area contributed by atoms with E-state index < -0.39 is 5.60 Å². The Morgan fingerprint density at radius 3 is 2.57 bits per heavy atom. The molecule has 2 N–H and O–H groups in total. The minimum Gasteiger partial charge on any atom is -0.393 e. The van der Waals surface area contributed by atoms with E-state index in [0.29, 0.717) is 16.7 Å². The zero-order valence-electron chi connectivity index (χ0n) is 19.0. The molecule has 8 atom stereocenters. The second-order valence-electron chi connectivity index (χ2n) is 12.2. The topological polar surface area (TPSA) is 40.5 Å². The summed E-state index contributed by atoms with van der Waals surface area (Å²) in [5.74, 6) is 4.11. The quantitative estimate of drug-likeness (QED) is 0.570. The van der Waals surface area contributed by atoms with Gasteiger partial charge in [-0.2, -0.15) is 0 Å². The van der Waals surface area contributed by atoms with Crippen molar-refractivity contribution >= 4 is 0 Å². The van der Waals surface area contributed by atoms with Crippen LogP contribution in [0.3, 0.4) is 0 Å². The molecule has 0 radical (unpaired) electrons. The van der Waals surface area contributed by atoms with E-state index >= 15 is 0 Å². The monoisotopic (exact) mass is 388 g/mol. The van der Waals surface area contributed by atoms with Crippen molar-refractivity contribution in [1.82, 2.24) is 0 Å². The third kappa shape index (κ3) is 3.41. The largest absolute Gasteiger partial charge is 0.393 e. The van der Waals surface area contributed by atoms with Crippen LogP contribution in [-0.4, -0.2) is 21.9 Å². The lowest BCUT2D eigenvalue weighted by molar-refractivity contribution is -0.0585. The smallest absolute Gasteiger partial charge is 0.0591 e. The summed E-state index contributed by atoms with van der Waals surface area (Å²) >= 11 is 0. The summed E-state index contributed by atoms with van der Waals surface area (Å²) in [7, 11) is 0. The van der Waals surface area contributed by atoms with Gasteiger partial charge in [0.05, 0.1) is 11.7 Å². The van der Waals surface area contributed by atoms with Crippen molar-refractivity contribution in [3.8, 4) is 0 Å². The Morgan fingerprint density at radius 2 is 1.86 bits per heavy atom. The van der Waals surface area contributed by atoms with Crippen molar-refractivity contribution < 1.29 is 10.2 Å². The van der Waals surface area contributed by atoms with Crippen molar-refractivity contribution in [2.45, 2.75) is 111 Å². The molecule has 0 spiro atoms. The van der Waals surface area contributed by atoms with Crippen LogP contribution in [0.2, 0.25) is 0 Å². The van der Waals surface area contributed by atoms with Crippen molar-refractivity contribution in [1.29, 1.82) is 0 Å². The predicted octanol–water partition coefficient (Wildman–Crippen LogP) is 6.11. The Kier molecular flexibility index (Phi) is 5.32. The summed E-state index contributed by atoms with van der Waals surface area (Å²) in [5.41, 5.74) is 1.91. The molecule has 4 rings (SSSR count). The lowest BCUT2D eigenvalue weighted by atomic mass is 9.47. The second-order valence-corrected chi connectivity index (χ2v) is 12.2. The van der Waals surface area contributed by atoms with E-state index in [1.807, 2.05) is 13.8 Å². The van der Waals surface area contributed by atoms with E-state index in [4.69, 9.17) is 0 Å². The van der Waals surface area contributed by atoms with E-state index in [1.165, 1.54) is 38.5 Å². The van der Waals surface area contributed by atoms with E-state index in [0.717, 1.165) is 49.4 Å². The minimum absolute atomic E-state index is 0.0998. The average Bonchev–Trinajstić information content (AvgIpc) is 2.97. The predicted molar refractivity (Wildman–Crippen MR) is 116 cm³/mol. The molecule has 3 saturated carbocycles. The van der Waals surface area contributed by atoms with Crippen LogP contribution in [-0.2, 0) is 0 Å². The Balaban J connectivity index is 1.52. The highest BCUT2D eigenvalue weighted by Crippen LogP contribution is 2.67. The molecule has 4 aliphatic carbocycles. The van der Waals surface area contributed by atoms with Gasteiger partial charge in [-0.3, -0.25) is 0 Å². The van der Waals surface area contributed by atoms with Gasteiger partial charge in [0, 0.05) is 0 Å². The van der Waals surface area contributed by atoms with E-state index in [1.54, 1.807) is 5.57 Å². The standard InChI is InChI=1S/C26H44O2/c1-17(10-13-24(2,3)28)21-8-9-22-20-7-6-18-16-19(27)11-14-25(18,4)23(20)12-15-26(21,22)5/h6,17,19-23,27-28H,7-16H2,1-5H3/t17-,19+,20?,21?,22+,23+,25+,26-/m1/s1. The van der Waals surface area contributed by atoms with Gasteiger partial charge < -0.3 is 10.2 Å². The van der Waals surface area contributed by atoms with Gasteiger partial charge in [-0.1, -0.05) is 32.4 Å². The Morgan fingerprint density at radius 1 is 1.11 bits per heavy atom. The summed E-state index contributed by atoms with van der Waals surface area (Å²) in [5, 5.41) is 20.4. The third-order valence-electron chi connectivity index (χ3n) is 10.0. The normalized spacial score (nSPS) is 47.0. The van der Waals surface area contributed by atoms with E-state index in [9.17, 15) is 10.2 Å². The van der Waals surface area contributed by atoms with Crippen molar-refractivity contribution in [2.75, 3.05) is 0 Å². The van der Waals surface area contributed by atoms with Gasteiger partial charge in [0.2, 0.25) is 0 Å². The molecule has 0 heterocycles. The molecule has 0 aromatic rings. The van der Waals surface area contributed by atoms with Gasteiger partial charge in [-0.15, -0.1) is 0 Å². The molecular formula is C26H44O2. The first-order valence-corrected chi connectivity index (χ1v) is 12.1. The second kappa shape index (κ2) is 7.12. The highest BCUT2D eigenvalue weighted by Gasteiger charge is 2.59. The fraction of sp³-hybridized carbons (Fsp3) is 0.923. The van der Waals surface area contributed by atoms with Gasteiger partial charge >= 0.3 is 0 Å². The number of hydrogen-bond acceptors (Lipinski definition) is 2. The summed E-state index contributed by atoms with van der Waals surface area (Å²) in [6.45, 7) is 11.5. The number of allylic oxidation sites excluding steroid dienone is 1. The highest BCUT2D eigenvalue weighted by atomic mass is 16.3. The van der Waals surface area contributed by atoms with Gasteiger partial charge in [0.1, 0.15) is 0 Å². The van der Waals surface area contributed by atoms with Gasteiger partial charge in [-0.25, -0.2) is 0 Å². The molecule has 160 valence electrons. The van der Waals surface area contributed by atoms with Crippen molar-refractivity contribution in [3.63, 3.8) is 0 Å². The maximum Gasteiger partial charge on any atom is 0.0591 e. The van der Waals surface area contributed by atoms with Gasteiger partial charge in [-0.05, 0) is 118 Å². The number of aliphatic hydroxyl groups excluding tert-OH is 1. The fourth-order valence-corrected chi connectivity index (χ4v) is 8.40. The van der Waals surface area contributed by atoms with Gasteiger partial charge in [0.25, 0.3) is 0 Å². The van der Waals surface area contributed by atoms with Crippen LogP contribution in [0.15, 0.2) is 11.6 Å². The van der Waals surface area contributed by atoms with Crippen LogP contribution in [0, 0.1) is 40.4 Å². The molecule has 0 amide bonds. The van der Waals surface area contributed by atoms with Crippen LogP contribution in [0.4, 0.5) is 0 Å². The zero-order valence-corrected chi connectivity index (χ0v) is 19.0. The first-order chi connectivity index (χ1) is 13.0. The van der Waals surface area contributed by atoms with Crippen molar-refractivity contribution in [2.24, 2.45) is 40.4 Å². The Bertz CT molecular complexity index is 616. The molecular weight excluding hydrogens is 344 g/mol. The van der Waals surface area contributed by atoms with Crippen LogP contribution in [0.25, 0.3) is 0 Å². The minimum atomic E-state index is -0.532. The number of aliphatic hydroxyl groups is 2. The molecule has 2 unspecified atom stereocenters. The van der Waals surface area contributed by atoms with Crippen LogP contribution < -0.4 is 0 Å². The molecule has 3 fully saturated rings. The molecule has 4 aliphatic rings. The molecule has 0 aromatic heterocycles. The summed E-state index contributed by atoms with van der Waals surface area (Å²) in [6, 6.07) is 0. The van der Waals surface area contributed by atoms with Crippen LogP contribution in [0.1, 0.15) is 98.8 Å². The first-order valence-electron chi connectivity index (χ1n) is 12.1. The SMILES string of the molecule is C[C@H](CCC(C)(C)O)C1CC[C@H]2C3CC=C4C[C@@H](O)CC[C@]4(C)[C@H]3CC[C@]12C. The molecule has 0 aliphatic heterocycles. The zero-order chi connectivity index (χ0) is 20.3. The molecule has 2 heteroatoms. The van der Waals surface area contributed by atoms with E-state index in [2.05, 4.69) is 26.8 Å². The van der Waals surface area contributed by atoms with Crippen molar-refractivity contribution in [3.05, 3.63) is 11.6 Å². The van der Waals surface area contributed by atoms with E-state index in [-0.39, 0.29) is 6.10 Å². The summed E-state index contributed by atoms with van der Waals surface area (Å²) < 4.78 is 0. The summed E-state index contributed by atoms with van der Waals surface area (Å²) in [6.07, 6.45) is 14.5. The average molecular weight is 389 g/mol. The Labute approximate surface area is 173 Å². The Hall–Kier alpha value is -0.340. The maximum absolute atomic E-state index is 10.2. The number of fused-ring (bicyclic) bond motifs is 5. The first kappa shape index (κ1) is 20.9. The lowest BCUT2D eigenvalue weighted by Gasteiger charge is -2.58. The molecule has 0 saturated heterocycles. The maximum atomic E-state index is 10.2.